The summed E-state index contributed by atoms with van der Waals surface area (Å²) in [5.41, 5.74) is 4.06. The molecule has 2 aliphatic heterocycles. The first-order valence-corrected chi connectivity index (χ1v) is 12.1. The molecule has 2 aromatic carbocycles. The Morgan fingerprint density at radius 3 is 2.32 bits per heavy atom. The lowest BCUT2D eigenvalue weighted by atomic mass is 9.88. The molecule has 202 valence electrons. The van der Waals surface area contributed by atoms with Crippen molar-refractivity contribution in [2.24, 2.45) is 0 Å². The third-order valence-corrected chi connectivity index (χ3v) is 7.06. The molecule has 0 unspecified atom stereocenters. The standard InChI is InChI=1S/C26H27NO11/c28-10-19(30)22(32)23-21(18(29)9-26(38-23)24(33)37-20(31)12-36-26)27-25(34)35-11-17-15-7-3-1-5-13(15)14-6-2-4-8-16(14)17/h1-8,17-19,21-23,28-30,32H,9-12H2,(H,27,34)/t18-,19+,21+,22+,23+,26+/m0/s1. The fourth-order valence-corrected chi connectivity index (χ4v) is 5.20. The molecular formula is C26H27NO11. The van der Waals surface area contributed by atoms with Crippen LogP contribution < -0.4 is 5.32 Å². The molecule has 1 amide bonds. The number of hydrogen-bond donors (Lipinski definition) is 5. The van der Waals surface area contributed by atoms with Gasteiger partial charge in [-0.1, -0.05) is 48.5 Å². The maximum atomic E-state index is 12.9. The van der Waals surface area contributed by atoms with E-state index >= 15 is 0 Å². The van der Waals surface area contributed by atoms with Gasteiger partial charge < -0.3 is 44.7 Å². The number of aliphatic hydroxyl groups excluding tert-OH is 4. The number of rotatable bonds is 6. The predicted molar refractivity (Wildman–Crippen MR) is 126 cm³/mol. The van der Waals surface area contributed by atoms with Gasteiger partial charge in [0.25, 0.3) is 5.79 Å². The SMILES string of the molecule is O=C1CO[C@@]2(C[C@H](O)[C@@H](NC(=O)OCC3c4ccccc4-c4ccccc43)[C@H]([C@H](O)[C@H](O)CO)O2)C(=O)O1. The summed E-state index contributed by atoms with van der Waals surface area (Å²) in [7, 11) is 0. The number of esters is 2. The zero-order valence-corrected chi connectivity index (χ0v) is 20.1. The lowest BCUT2D eigenvalue weighted by molar-refractivity contribution is -0.319. The van der Waals surface area contributed by atoms with Crippen molar-refractivity contribution >= 4 is 18.0 Å². The zero-order chi connectivity index (χ0) is 27.0. The molecule has 12 heteroatoms. The van der Waals surface area contributed by atoms with Crippen LogP contribution in [0.1, 0.15) is 23.5 Å². The summed E-state index contributed by atoms with van der Waals surface area (Å²) < 4.78 is 20.9. The zero-order valence-electron chi connectivity index (χ0n) is 20.1. The summed E-state index contributed by atoms with van der Waals surface area (Å²) in [5, 5.41) is 43.2. The van der Waals surface area contributed by atoms with E-state index in [1.54, 1.807) is 0 Å². The Labute approximate surface area is 216 Å². The van der Waals surface area contributed by atoms with E-state index in [0.29, 0.717) is 0 Å². The van der Waals surface area contributed by atoms with Crippen LogP contribution in [-0.2, 0) is 28.5 Å². The highest BCUT2D eigenvalue weighted by molar-refractivity contribution is 5.92. The Bertz CT molecular complexity index is 1190. The number of amides is 1. The van der Waals surface area contributed by atoms with Gasteiger partial charge >= 0.3 is 18.0 Å². The van der Waals surface area contributed by atoms with Crippen LogP contribution in [0.25, 0.3) is 11.1 Å². The molecule has 12 nitrogen and oxygen atoms in total. The Hall–Kier alpha value is -3.39. The maximum Gasteiger partial charge on any atom is 0.407 e. The van der Waals surface area contributed by atoms with Crippen molar-refractivity contribution in [2.45, 2.75) is 48.6 Å². The van der Waals surface area contributed by atoms with E-state index in [9.17, 15) is 34.8 Å². The van der Waals surface area contributed by atoms with Gasteiger partial charge in [0, 0.05) is 12.3 Å². The predicted octanol–water partition coefficient (Wildman–Crippen LogP) is -0.446. The number of carbonyl (C=O) groups is 3. The molecule has 0 aromatic heterocycles. The molecule has 1 aliphatic carbocycles. The summed E-state index contributed by atoms with van der Waals surface area (Å²) in [4.78, 5) is 36.7. The lowest BCUT2D eigenvalue weighted by Crippen LogP contribution is -2.69. The minimum atomic E-state index is -2.26. The minimum Gasteiger partial charge on any atom is -0.449 e. The molecule has 2 aromatic rings. The fraction of sp³-hybridized carbons (Fsp3) is 0.423. The Balaban J connectivity index is 1.32. The first-order valence-electron chi connectivity index (χ1n) is 12.1. The maximum absolute atomic E-state index is 12.9. The van der Waals surface area contributed by atoms with Gasteiger partial charge in [0.05, 0.1) is 18.8 Å². The Morgan fingerprint density at radius 1 is 1.08 bits per heavy atom. The van der Waals surface area contributed by atoms with E-state index in [1.807, 2.05) is 48.5 Å². The number of hydrogen-bond acceptors (Lipinski definition) is 11. The largest absolute Gasteiger partial charge is 0.449 e. The van der Waals surface area contributed by atoms with Crippen LogP contribution in [-0.4, -0.2) is 94.5 Å². The van der Waals surface area contributed by atoms with Crippen molar-refractivity contribution in [1.82, 2.24) is 5.32 Å². The minimum absolute atomic E-state index is 0.0303. The van der Waals surface area contributed by atoms with Crippen molar-refractivity contribution < 1.29 is 53.8 Å². The molecular weight excluding hydrogens is 502 g/mol. The van der Waals surface area contributed by atoms with Gasteiger partial charge in [-0.15, -0.1) is 0 Å². The van der Waals surface area contributed by atoms with E-state index in [1.165, 1.54) is 0 Å². The van der Waals surface area contributed by atoms with Gasteiger partial charge in [-0.2, -0.15) is 0 Å². The number of fused-ring (bicyclic) bond motifs is 3. The van der Waals surface area contributed by atoms with Gasteiger partial charge in [0.2, 0.25) is 0 Å². The topological polar surface area (TPSA) is 181 Å². The average molecular weight is 529 g/mol. The van der Waals surface area contributed by atoms with Crippen molar-refractivity contribution in [3.05, 3.63) is 59.7 Å². The fourth-order valence-electron chi connectivity index (χ4n) is 5.20. The summed E-state index contributed by atoms with van der Waals surface area (Å²) >= 11 is 0. The first-order chi connectivity index (χ1) is 18.2. The Morgan fingerprint density at radius 2 is 1.71 bits per heavy atom. The highest BCUT2D eigenvalue weighted by Gasteiger charge is 2.58. The molecule has 2 fully saturated rings. The van der Waals surface area contributed by atoms with Crippen LogP contribution in [0, 0.1) is 0 Å². The monoisotopic (exact) mass is 529 g/mol. The summed E-state index contributed by atoms with van der Waals surface area (Å²) in [6, 6.07) is 14.1. The van der Waals surface area contributed by atoms with Gasteiger partial charge in [0.15, 0.2) is 0 Å². The molecule has 2 saturated heterocycles. The Kier molecular flexibility index (Phi) is 7.18. The van der Waals surface area contributed by atoms with E-state index < -0.39 is 73.9 Å². The third-order valence-electron chi connectivity index (χ3n) is 7.06. The number of aliphatic hydroxyl groups is 4. The molecule has 2 heterocycles. The summed E-state index contributed by atoms with van der Waals surface area (Å²) in [6.45, 7) is -1.57. The second-order valence-corrected chi connectivity index (χ2v) is 9.39. The highest BCUT2D eigenvalue weighted by atomic mass is 16.8. The van der Waals surface area contributed by atoms with Crippen molar-refractivity contribution in [2.75, 3.05) is 19.8 Å². The number of carbonyl (C=O) groups excluding carboxylic acids is 3. The average Bonchev–Trinajstić information content (AvgIpc) is 3.24. The number of alkyl carbamates (subject to hydrolysis) is 1. The van der Waals surface area contributed by atoms with Crippen molar-refractivity contribution in [1.29, 1.82) is 0 Å². The van der Waals surface area contributed by atoms with E-state index in [2.05, 4.69) is 10.1 Å². The van der Waals surface area contributed by atoms with Gasteiger partial charge in [-0.25, -0.2) is 14.4 Å². The summed E-state index contributed by atoms with van der Waals surface area (Å²) in [5.74, 6) is -4.70. The molecule has 6 atom stereocenters. The number of ether oxygens (including phenoxy) is 4. The highest BCUT2D eigenvalue weighted by Crippen LogP contribution is 2.44. The molecule has 0 saturated carbocycles. The second-order valence-electron chi connectivity index (χ2n) is 9.39. The molecule has 38 heavy (non-hydrogen) atoms. The number of cyclic esters (lactones) is 2. The first kappa shape index (κ1) is 26.2. The molecule has 1 spiro atoms. The third kappa shape index (κ3) is 4.66. The van der Waals surface area contributed by atoms with Crippen LogP contribution in [0.5, 0.6) is 0 Å². The van der Waals surface area contributed by atoms with E-state index in [0.717, 1.165) is 22.3 Å². The number of benzene rings is 2. The van der Waals surface area contributed by atoms with Crippen molar-refractivity contribution in [3.63, 3.8) is 0 Å². The van der Waals surface area contributed by atoms with Crippen LogP contribution in [0.4, 0.5) is 4.79 Å². The van der Waals surface area contributed by atoms with Crippen LogP contribution in [0.15, 0.2) is 48.5 Å². The molecule has 5 N–H and O–H groups in total. The van der Waals surface area contributed by atoms with Gasteiger partial charge in [0.1, 0.15) is 31.5 Å². The number of nitrogens with one attached hydrogen (secondary N) is 1. The van der Waals surface area contributed by atoms with Gasteiger partial charge in [-0.05, 0) is 22.3 Å². The molecule has 0 bridgehead atoms. The molecule has 0 radical (unpaired) electrons. The van der Waals surface area contributed by atoms with Crippen LogP contribution in [0.2, 0.25) is 0 Å². The smallest absolute Gasteiger partial charge is 0.407 e. The van der Waals surface area contributed by atoms with Crippen molar-refractivity contribution in [3.8, 4) is 11.1 Å². The van der Waals surface area contributed by atoms with Gasteiger partial charge in [-0.3, -0.25) is 0 Å². The normalized spacial score (nSPS) is 28.3. The van der Waals surface area contributed by atoms with E-state index in [-0.39, 0.29) is 12.5 Å². The van der Waals surface area contributed by atoms with E-state index in [4.69, 9.17) is 14.2 Å². The quantitative estimate of drug-likeness (QED) is 0.242. The van der Waals surface area contributed by atoms with Crippen LogP contribution >= 0.6 is 0 Å². The molecule has 3 aliphatic rings. The molecule has 5 rings (SSSR count). The summed E-state index contributed by atoms with van der Waals surface area (Å²) in [6.07, 6.45) is -8.34. The van der Waals surface area contributed by atoms with Crippen LogP contribution in [0.3, 0.4) is 0 Å². The second kappa shape index (κ2) is 10.4. The lowest BCUT2D eigenvalue weighted by Gasteiger charge is -2.47.